The van der Waals surface area contributed by atoms with Crippen molar-refractivity contribution in [3.05, 3.63) is 12.3 Å². The standard InChI is InChI=1S/C4H5NO/c6-4-1-2-5-3-4/h1-4,6H. The van der Waals surface area contributed by atoms with E-state index in [2.05, 4.69) is 4.99 Å². The summed E-state index contributed by atoms with van der Waals surface area (Å²) in [5.41, 5.74) is 0. The molecule has 1 aliphatic rings. The van der Waals surface area contributed by atoms with E-state index in [0.29, 0.717) is 0 Å². The summed E-state index contributed by atoms with van der Waals surface area (Å²) in [5, 5.41) is 8.49. The highest BCUT2D eigenvalue weighted by atomic mass is 16.3. The van der Waals surface area contributed by atoms with Gasteiger partial charge in [-0.25, -0.2) is 0 Å². The van der Waals surface area contributed by atoms with Gasteiger partial charge in [0.05, 0.1) is 0 Å². The van der Waals surface area contributed by atoms with E-state index < -0.39 is 6.10 Å². The summed E-state index contributed by atoms with van der Waals surface area (Å²) in [6, 6.07) is 0. The maximum Gasteiger partial charge on any atom is 0.109 e. The van der Waals surface area contributed by atoms with Crippen molar-refractivity contribution in [2.45, 2.75) is 6.10 Å². The Morgan fingerprint density at radius 3 is 2.67 bits per heavy atom. The van der Waals surface area contributed by atoms with E-state index in [1.807, 2.05) is 0 Å². The van der Waals surface area contributed by atoms with Gasteiger partial charge in [-0.2, -0.15) is 0 Å². The second-order valence-electron chi connectivity index (χ2n) is 1.13. The number of rotatable bonds is 0. The number of nitrogens with zero attached hydrogens (tertiary/aromatic N) is 1. The van der Waals surface area contributed by atoms with E-state index in [1.54, 1.807) is 12.3 Å². The molecule has 0 saturated heterocycles. The minimum Gasteiger partial charge on any atom is -0.383 e. The van der Waals surface area contributed by atoms with Crippen molar-refractivity contribution in [1.29, 1.82) is 0 Å². The Balaban J connectivity index is 2.60. The number of aliphatic hydroxyl groups excluding tert-OH is 1. The molecule has 0 saturated carbocycles. The van der Waals surface area contributed by atoms with Gasteiger partial charge >= 0.3 is 0 Å². The summed E-state index contributed by atoms with van der Waals surface area (Å²) in [7, 11) is 0. The topological polar surface area (TPSA) is 32.6 Å². The van der Waals surface area contributed by atoms with Gasteiger partial charge in [0.2, 0.25) is 0 Å². The third kappa shape index (κ3) is 0.466. The molecule has 2 nitrogen and oxygen atoms in total. The molecule has 32 valence electrons. The lowest BCUT2D eigenvalue weighted by Gasteiger charge is -1.81. The van der Waals surface area contributed by atoms with Crippen LogP contribution in [0, 0.1) is 0 Å². The Morgan fingerprint density at radius 2 is 2.50 bits per heavy atom. The Bertz CT molecular complexity index is 83.7. The molecular formula is C4H5NO. The van der Waals surface area contributed by atoms with E-state index in [1.165, 1.54) is 6.21 Å². The van der Waals surface area contributed by atoms with Crippen molar-refractivity contribution in [2.75, 3.05) is 0 Å². The second-order valence-corrected chi connectivity index (χ2v) is 1.13. The maximum atomic E-state index is 8.49. The molecule has 0 aliphatic carbocycles. The highest BCUT2D eigenvalue weighted by Crippen LogP contribution is 1.89. The van der Waals surface area contributed by atoms with E-state index >= 15 is 0 Å². The van der Waals surface area contributed by atoms with Crippen LogP contribution in [-0.2, 0) is 0 Å². The summed E-state index contributed by atoms with van der Waals surface area (Å²) in [6.07, 6.45) is 4.23. The van der Waals surface area contributed by atoms with E-state index in [9.17, 15) is 0 Å². The highest BCUT2D eigenvalue weighted by Gasteiger charge is 1.93. The molecule has 0 bridgehead atoms. The fourth-order valence-corrected chi connectivity index (χ4v) is 0.325. The molecule has 0 aromatic rings. The van der Waals surface area contributed by atoms with Gasteiger partial charge in [0.15, 0.2) is 0 Å². The van der Waals surface area contributed by atoms with Crippen molar-refractivity contribution in [2.24, 2.45) is 4.99 Å². The van der Waals surface area contributed by atoms with Gasteiger partial charge in [-0.15, -0.1) is 0 Å². The zero-order chi connectivity index (χ0) is 4.41. The van der Waals surface area contributed by atoms with Crippen LogP contribution in [0.5, 0.6) is 0 Å². The predicted octanol–water partition coefficient (Wildman–Crippen LogP) is -0.0546. The predicted molar refractivity (Wildman–Crippen MR) is 23.6 cm³/mol. The molecule has 0 aromatic heterocycles. The van der Waals surface area contributed by atoms with Crippen LogP contribution < -0.4 is 0 Å². The highest BCUT2D eigenvalue weighted by molar-refractivity contribution is 5.68. The SMILES string of the molecule is OC1C=CN=C1. The Labute approximate surface area is 35.8 Å². The normalized spacial score (nSPS) is 29.2. The largest absolute Gasteiger partial charge is 0.383 e. The lowest BCUT2D eigenvalue weighted by atomic mass is 10.4. The van der Waals surface area contributed by atoms with Crippen molar-refractivity contribution in [1.82, 2.24) is 0 Å². The summed E-state index contributed by atoms with van der Waals surface area (Å²) < 4.78 is 0. The van der Waals surface area contributed by atoms with Crippen molar-refractivity contribution >= 4 is 6.21 Å². The molecule has 0 aromatic carbocycles. The molecule has 1 rings (SSSR count). The van der Waals surface area contributed by atoms with Gasteiger partial charge in [0, 0.05) is 12.4 Å². The zero-order valence-electron chi connectivity index (χ0n) is 3.20. The molecule has 6 heavy (non-hydrogen) atoms. The van der Waals surface area contributed by atoms with Crippen LogP contribution in [0.3, 0.4) is 0 Å². The minimum absolute atomic E-state index is 0.426. The quantitative estimate of drug-likeness (QED) is 0.437. The summed E-state index contributed by atoms with van der Waals surface area (Å²) in [5.74, 6) is 0. The first-order valence-electron chi connectivity index (χ1n) is 1.77. The first-order valence-corrected chi connectivity index (χ1v) is 1.77. The zero-order valence-corrected chi connectivity index (χ0v) is 3.20. The summed E-state index contributed by atoms with van der Waals surface area (Å²) >= 11 is 0. The number of hydrogen-bond acceptors (Lipinski definition) is 2. The monoisotopic (exact) mass is 83.0 g/mol. The van der Waals surface area contributed by atoms with Crippen LogP contribution in [0.1, 0.15) is 0 Å². The second kappa shape index (κ2) is 1.22. The molecular weight excluding hydrogens is 78.0 g/mol. The van der Waals surface area contributed by atoms with Crippen LogP contribution >= 0.6 is 0 Å². The molecule has 0 fully saturated rings. The maximum absolute atomic E-state index is 8.49. The van der Waals surface area contributed by atoms with E-state index in [4.69, 9.17) is 5.11 Å². The van der Waals surface area contributed by atoms with Gasteiger partial charge in [-0.1, -0.05) is 0 Å². The molecule has 0 amide bonds. The van der Waals surface area contributed by atoms with Crippen LogP contribution in [0.15, 0.2) is 17.3 Å². The first kappa shape index (κ1) is 3.56. The van der Waals surface area contributed by atoms with Crippen LogP contribution in [0.2, 0.25) is 0 Å². The third-order valence-corrected chi connectivity index (χ3v) is 0.608. The molecule has 1 aliphatic heterocycles. The van der Waals surface area contributed by atoms with Crippen molar-refractivity contribution < 1.29 is 5.11 Å². The molecule has 1 N–H and O–H groups in total. The lowest BCUT2D eigenvalue weighted by Crippen LogP contribution is -1.97. The van der Waals surface area contributed by atoms with Crippen molar-refractivity contribution in [3.63, 3.8) is 0 Å². The molecule has 1 unspecified atom stereocenters. The van der Waals surface area contributed by atoms with Crippen LogP contribution in [0.4, 0.5) is 0 Å². The molecule has 1 heterocycles. The van der Waals surface area contributed by atoms with Gasteiger partial charge in [-0.05, 0) is 6.08 Å². The Hall–Kier alpha value is -0.630. The van der Waals surface area contributed by atoms with Crippen LogP contribution in [-0.4, -0.2) is 17.4 Å². The lowest BCUT2D eigenvalue weighted by molar-refractivity contribution is 0.296. The molecule has 1 atom stereocenters. The van der Waals surface area contributed by atoms with Gasteiger partial charge < -0.3 is 5.11 Å². The minimum atomic E-state index is -0.426. The van der Waals surface area contributed by atoms with E-state index in [0.717, 1.165) is 0 Å². The molecule has 0 radical (unpaired) electrons. The van der Waals surface area contributed by atoms with Gasteiger partial charge in [-0.3, -0.25) is 4.99 Å². The summed E-state index contributed by atoms with van der Waals surface area (Å²) in [6.45, 7) is 0. The summed E-state index contributed by atoms with van der Waals surface area (Å²) in [4.78, 5) is 3.61. The average molecular weight is 83.1 g/mol. The number of aliphatic imine (C=N–C) groups is 1. The van der Waals surface area contributed by atoms with Gasteiger partial charge in [0.25, 0.3) is 0 Å². The third-order valence-electron chi connectivity index (χ3n) is 0.608. The fourth-order valence-electron chi connectivity index (χ4n) is 0.325. The first-order chi connectivity index (χ1) is 2.89. The smallest absolute Gasteiger partial charge is 0.109 e. The number of aliphatic hydroxyl groups is 1. The number of hydrogen-bond donors (Lipinski definition) is 1. The van der Waals surface area contributed by atoms with E-state index in [-0.39, 0.29) is 0 Å². The van der Waals surface area contributed by atoms with Crippen LogP contribution in [0.25, 0.3) is 0 Å². The van der Waals surface area contributed by atoms with Crippen molar-refractivity contribution in [3.8, 4) is 0 Å². The Kier molecular flexibility index (Phi) is 0.725. The fraction of sp³-hybridized carbons (Fsp3) is 0.250. The Morgan fingerprint density at radius 1 is 1.67 bits per heavy atom. The van der Waals surface area contributed by atoms with Gasteiger partial charge in [0.1, 0.15) is 6.10 Å². The molecule has 0 spiro atoms. The molecule has 2 heteroatoms. The average Bonchev–Trinajstić information content (AvgIpc) is 1.86.